The summed E-state index contributed by atoms with van der Waals surface area (Å²) in [6, 6.07) is 5.95. The number of benzene rings is 1. The second-order valence-electron chi connectivity index (χ2n) is 4.72. The van der Waals surface area contributed by atoms with Gasteiger partial charge in [0, 0.05) is 31.3 Å². The van der Waals surface area contributed by atoms with Crippen LogP contribution in [0.1, 0.15) is 5.56 Å². The zero-order chi connectivity index (χ0) is 13.5. The smallest absolute Gasteiger partial charge is 0.127 e. The minimum Gasteiger partial charge on any atom is -0.497 e. The van der Waals surface area contributed by atoms with Crippen LogP contribution in [0.4, 0.5) is 0 Å². The van der Waals surface area contributed by atoms with Crippen LogP contribution < -0.4 is 9.47 Å². The lowest BCUT2D eigenvalue weighted by atomic mass is 10.2. The van der Waals surface area contributed by atoms with Crippen LogP contribution in [0.15, 0.2) is 18.2 Å². The van der Waals surface area contributed by atoms with Crippen LogP contribution in [0.25, 0.3) is 0 Å². The van der Waals surface area contributed by atoms with Crippen molar-refractivity contribution in [2.45, 2.75) is 6.54 Å². The van der Waals surface area contributed by atoms with Gasteiger partial charge < -0.3 is 19.3 Å². The zero-order valence-electron chi connectivity index (χ0n) is 12.1. The summed E-state index contributed by atoms with van der Waals surface area (Å²) in [6.07, 6.45) is 0. The summed E-state index contributed by atoms with van der Waals surface area (Å²) < 4.78 is 10.6. The Morgan fingerprint density at radius 3 is 2.28 bits per heavy atom. The first-order valence-electron chi connectivity index (χ1n) is 6.11. The molecule has 0 heterocycles. The molecular weight excluding hydrogens is 228 g/mol. The fourth-order valence-electron chi connectivity index (χ4n) is 1.72. The van der Waals surface area contributed by atoms with E-state index in [0.717, 1.165) is 31.1 Å². The monoisotopic (exact) mass is 252 g/mol. The SMILES string of the molecule is COc1ccc(CN(C)CCN(C)C)c(OC)c1. The summed E-state index contributed by atoms with van der Waals surface area (Å²) >= 11 is 0. The van der Waals surface area contributed by atoms with Crippen LogP contribution in [-0.4, -0.2) is 58.3 Å². The third-order valence-electron chi connectivity index (χ3n) is 2.86. The normalized spacial score (nSPS) is 11.1. The summed E-state index contributed by atoms with van der Waals surface area (Å²) in [5.41, 5.74) is 1.18. The highest BCUT2D eigenvalue weighted by Crippen LogP contribution is 2.25. The van der Waals surface area contributed by atoms with Gasteiger partial charge >= 0.3 is 0 Å². The topological polar surface area (TPSA) is 24.9 Å². The number of likely N-dealkylation sites (N-methyl/N-ethyl adjacent to an activating group) is 2. The van der Waals surface area contributed by atoms with Gasteiger partial charge in [-0.3, -0.25) is 0 Å². The maximum atomic E-state index is 5.40. The third kappa shape index (κ3) is 4.55. The van der Waals surface area contributed by atoms with Gasteiger partial charge in [0.25, 0.3) is 0 Å². The minimum atomic E-state index is 0.826. The van der Waals surface area contributed by atoms with Crippen molar-refractivity contribution in [2.75, 3.05) is 48.5 Å². The summed E-state index contributed by atoms with van der Waals surface area (Å²) in [6.45, 7) is 2.96. The van der Waals surface area contributed by atoms with E-state index in [0.29, 0.717) is 0 Å². The lowest BCUT2D eigenvalue weighted by Gasteiger charge is -2.20. The predicted octanol–water partition coefficient (Wildman–Crippen LogP) is 1.70. The molecule has 102 valence electrons. The van der Waals surface area contributed by atoms with E-state index in [1.807, 2.05) is 12.1 Å². The largest absolute Gasteiger partial charge is 0.497 e. The molecule has 0 aromatic heterocycles. The fraction of sp³-hybridized carbons (Fsp3) is 0.571. The Kier molecular flexibility index (Phi) is 5.95. The second-order valence-corrected chi connectivity index (χ2v) is 4.72. The van der Waals surface area contributed by atoms with E-state index in [9.17, 15) is 0 Å². The highest BCUT2D eigenvalue weighted by molar-refractivity contribution is 5.40. The molecule has 0 amide bonds. The lowest BCUT2D eigenvalue weighted by Crippen LogP contribution is -2.28. The number of hydrogen-bond acceptors (Lipinski definition) is 4. The van der Waals surface area contributed by atoms with Gasteiger partial charge in [0.1, 0.15) is 11.5 Å². The quantitative estimate of drug-likeness (QED) is 0.737. The van der Waals surface area contributed by atoms with E-state index in [4.69, 9.17) is 9.47 Å². The Labute approximate surface area is 110 Å². The Balaban J connectivity index is 2.65. The van der Waals surface area contributed by atoms with Gasteiger partial charge in [0.05, 0.1) is 14.2 Å². The van der Waals surface area contributed by atoms with Gasteiger partial charge in [-0.05, 0) is 27.2 Å². The van der Waals surface area contributed by atoms with Gasteiger partial charge in [0.15, 0.2) is 0 Å². The summed E-state index contributed by atoms with van der Waals surface area (Å²) in [5, 5.41) is 0. The van der Waals surface area contributed by atoms with Gasteiger partial charge in [-0.25, -0.2) is 0 Å². The van der Waals surface area contributed by atoms with E-state index < -0.39 is 0 Å². The van der Waals surface area contributed by atoms with Gasteiger partial charge in [-0.15, -0.1) is 0 Å². The minimum absolute atomic E-state index is 0.826. The Morgan fingerprint density at radius 2 is 1.72 bits per heavy atom. The fourth-order valence-corrected chi connectivity index (χ4v) is 1.72. The molecule has 0 aliphatic carbocycles. The Hall–Kier alpha value is -1.26. The van der Waals surface area contributed by atoms with Crippen molar-refractivity contribution in [3.63, 3.8) is 0 Å². The van der Waals surface area contributed by atoms with Crippen molar-refractivity contribution in [1.29, 1.82) is 0 Å². The van der Waals surface area contributed by atoms with Gasteiger partial charge in [-0.1, -0.05) is 6.07 Å². The first-order valence-corrected chi connectivity index (χ1v) is 6.11. The number of rotatable bonds is 7. The van der Waals surface area contributed by atoms with Crippen molar-refractivity contribution in [1.82, 2.24) is 9.80 Å². The Bertz CT molecular complexity index is 367. The van der Waals surface area contributed by atoms with Crippen molar-refractivity contribution >= 4 is 0 Å². The van der Waals surface area contributed by atoms with Crippen LogP contribution in [0.5, 0.6) is 11.5 Å². The summed E-state index contributed by atoms with van der Waals surface area (Å²) in [7, 11) is 9.65. The van der Waals surface area contributed by atoms with Crippen molar-refractivity contribution in [2.24, 2.45) is 0 Å². The third-order valence-corrected chi connectivity index (χ3v) is 2.86. The highest BCUT2D eigenvalue weighted by Gasteiger charge is 2.08. The lowest BCUT2D eigenvalue weighted by molar-refractivity contribution is 0.272. The average molecular weight is 252 g/mol. The molecule has 0 atom stereocenters. The molecule has 0 saturated carbocycles. The molecule has 0 radical (unpaired) electrons. The molecule has 1 rings (SSSR count). The molecule has 4 heteroatoms. The van der Waals surface area contributed by atoms with E-state index in [-0.39, 0.29) is 0 Å². The van der Waals surface area contributed by atoms with E-state index >= 15 is 0 Å². The zero-order valence-corrected chi connectivity index (χ0v) is 12.1. The number of nitrogens with zero attached hydrogens (tertiary/aromatic N) is 2. The van der Waals surface area contributed by atoms with Gasteiger partial charge in [-0.2, -0.15) is 0 Å². The number of methoxy groups -OCH3 is 2. The molecule has 1 aromatic rings. The van der Waals surface area contributed by atoms with Crippen LogP contribution in [-0.2, 0) is 6.54 Å². The molecular formula is C14H24N2O2. The molecule has 4 nitrogen and oxygen atoms in total. The first-order chi connectivity index (χ1) is 8.56. The molecule has 0 aliphatic rings. The predicted molar refractivity (Wildman–Crippen MR) is 74.4 cm³/mol. The summed E-state index contributed by atoms with van der Waals surface area (Å²) in [4.78, 5) is 4.46. The Morgan fingerprint density at radius 1 is 1.00 bits per heavy atom. The van der Waals surface area contributed by atoms with E-state index in [2.05, 4.69) is 37.0 Å². The first kappa shape index (κ1) is 14.8. The van der Waals surface area contributed by atoms with Crippen molar-refractivity contribution < 1.29 is 9.47 Å². The van der Waals surface area contributed by atoms with Crippen molar-refractivity contribution in [3.05, 3.63) is 23.8 Å². The van der Waals surface area contributed by atoms with Crippen LogP contribution >= 0.6 is 0 Å². The molecule has 0 aliphatic heterocycles. The molecule has 0 saturated heterocycles. The standard InChI is InChI=1S/C14H24N2O2/c1-15(2)8-9-16(3)11-12-6-7-13(17-4)10-14(12)18-5/h6-7,10H,8-9,11H2,1-5H3. The van der Waals surface area contributed by atoms with Gasteiger partial charge in [0.2, 0.25) is 0 Å². The maximum Gasteiger partial charge on any atom is 0.127 e. The van der Waals surface area contributed by atoms with Crippen LogP contribution in [0.2, 0.25) is 0 Å². The second kappa shape index (κ2) is 7.24. The highest BCUT2D eigenvalue weighted by atomic mass is 16.5. The van der Waals surface area contributed by atoms with Crippen LogP contribution in [0, 0.1) is 0 Å². The van der Waals surface area contributed by atoms with Crippen LogP contribution in [0.3, 0.4) is 0 Å². The summed E-state index contributed by atoms with van der Waals surface area (Å²) in [5.74, 6) is 1.71. The molecule has 0 bridgehead atoms. The molecule has 18 heavy (non-hydrogen) atoms. The number of ether oxygens (including phenoxy) is 2. The number of hydrogen-bond donors (Lipinski definition) is 0. The molecule has 0 unspecified atom stereocenters. The molecule has 0 fully saturated rings. The van der Waals surface area contributed by atoms with Crippen molar-refractivity contribution in [3.8, 4) is 11.5 Å². The average Bonchev–Trinajstić information content (AvgIpc) is 2.36. The van der Waals surface area contributed by atoms with E-state index in [1.165, 1.54) is 5.56 Å². The maximum absolute atomic E-state index is 5.40. The van der Waals surface area contributed by atoms with E-state index in [1.54, 1.807) is 14.2 Å². The molecule has 0 spiro atoms. The molecule has 0 N–H and O–H groups in total. The molecule has 1 aromatic carbocycles.